The molecule has 21 heavy (non-hydrogen) atoms. The third-order valence-electron chi connectivity index (χ3n) is 3.01. The highest BCUT2D eigenvalue weighted by atomic mass is 79.9. The van der Waals surface area contributed by atoms with Crippen LogP contribution in [0.5, 0.6) is 0 Å². The Bertz CT molecular complexity index is 806. The molecule has 0 bridgehead atoms. The van der Waals surface area contributed by atoms with Gasteiger partial charge in [0.1, 0.15) is 17.5 Å². The summed E-state index contributed by atoms with van der Waals surface area (Å²) in [6, 6.07) is 7.29. The molecule has 0 amide bonds. The Morgan fingerprint density at radius 2 is 2.19 bits per heavy atom. The number of halogens is 1. The molecule has 0 radical (unpaired) electrons. The lowest BCUT2D eigenvalue weighted by Gasteiger charge is -2.07. The molecule has 2 N–H and O–H groups in total. The number of hydrogen-bond donors (Lipinski definition) is 1. The number of nitrogens with zero attached hydrogens (tertiary/aromatic N) is 4. The van der Waals surface area contributed by atoms with E-state index in [0.717, 1.165) is 4.47 Å². The van der Waals surface area contributed by atoms with Gasteiger partial charge in [0, 0.05) is 28.3 Å². The first-order valence-electron chi connectivity index (χ1n) is 6.26. The molecule has 0 aliphatic heterocycles. The number of aryl methyl sites for hydroxylation is 1. The molecule has 0 saturated carbocycles. The van der Waals surface area contributed by atoms with Gasteiger partial charge in [0.25, 0.3) is 5.03 Å². The van der Waals surface area contributed by atoms with Gasteiger partial charge in [-0.2, -0.15) is 0 Å². The number of nitrogen functional groups attached to an aromatic ring is 1. The van der Waals surface area contributed by atoms with Crippen LogP contribution in [0.3, 0.4) is 0 Å². The van der Waals surface area contributed by atoms with Gasteiger partial charge in [-0.15, -0.1) is 5.10 Å². The van der Waals surface area contributed by atoms with E-state index in [1.165, 1.54) is 6.33 Å². The van der Waals surface area contributed by atoms with E-state index in [1.54, 1.807) is 16.8 Å². The van der Waals surface area contributed by atoms with Crippen LogP contribution in [-0.2, 0) is 17.7 Å². The van der Waals surface area contributed by atoms with Crippen molar-refractivity contribution in [2.75, 3.05) is 5.73 Å². The van der Waals surface area contributed by atoms with E-state index >= 15 is 0 Å². The molecular formula is C13H12BrN5OS. The maximum Gasteiger partial charge on any atom is 0.282 e. The van der Waals surface area contributed by atoms with Crippen LogP contribution in [0.25, 0.3) is 11.0 Å². The molecule has 1 atom stereocenters. The predicted octanol–water partition coefficient (Wildman–Crippen LogP) is 2.36. The van der Waals surface area contributed by atoms with Gasteiger partial charge in [-0.1, -0.05) is 22.0 Å². The van der Waals surface area contributed by atoms with Crippen molar-refractivity contribution < 1.29 is 4.55 Å². The minimum Gasteiger partial charge on any atom is -0.605 e. The second-order valence-corrected chi connectivity index (χ2v) is 6.62. The largest absolute Gasteiger partial charge is 0.605 e. The van der Waals surface area contributed by atoms with Crippen LogP contribution in [0.1, 0.15) is 6.92 Å². The van der Waals surface area contributed by atoms with Gasteiger partial charge in [-0.05, 0) is 19.1 Å². The van der Waals surface area contributed by atoms with Gasteiger partial charge in [0.15, 0.2) is 10.5 Å². The number of nitrogens with two attached hydrogens (primary N) is 1. The fourth-order valence-electron chi connectivity index (χ4n) is 2.04. The van der Waals surface area contributed by atoms with Crippen LogP contribution < -0.4 is 5.73 Å². The average Bonchev–Trinajstić information content (AvgIpc) is 2.86. The van der Waals surface area contributed by atoms with E-state index < -0.39 is 11.2 Å². The lowest BCUT2D eigenvalue weighted by atomic mass is 10.4. The first kappa shape index (κ1) is 14.3. The van der Waals surface area contributed by atoms with Crippen molar-refractivity contribution in [1.82, 2.24) is 19.7 Å². The topological polar surface area (TPSA) is 92.7 Å². The summed E-state index contributed by atoms with van der Waals surface area (Å²) < 4.78 is 15.3. The average molecular weight is 366 g/mol. The molecule has 0 spiro atoms. The third-order valence-corrected chi connectivity index (χ3v) is 4.82. The molecule has 6 nitrogen and oxygen atoms in total. The molecule has 1 unspecified atom stereocenters. The minimum absolute atomic E-state index is 0.290. The molecule has 108 valence electrons. The molecule has 2 aromatic heterocycles. The molecule has 8 heteroatoms. The van der Waals surface area contributed by atoms with Crippen molar-refractivity contribution in [3.63, 3.8) is 0 Å². The summed E-state index contributed by atoms with van der Waals surface area (Å²) in [5.41, 5.74) is 6.52. The van der Waals surface area contributed by atoms with Crippen molar-refractivity contribution in [2.24, 2.45) is 0 Å². The lowest BCUT2D eigenvalue weighted by molar-refractivity contribution is 0.583. The summed E-state index contributed by atoms with van der Waals surface area (Å²) in [5, 5.41) is 5.34. The van der Waals surface area contributed by atoms with E-state index in [1.807, 2.05) is 19.1 Å². The number of rotatable bonds is 3. The van der Waals surface area contributed by atoms with Gasteiger partial charge in [-0.25, -0.2) is 14.6 Å². The van der Waals surface area contributed by atoms with E-state index in [9.17, 15) is 4.55 Å². The Morgan fingerprint density at radius 3 is 2.90 bits per heavy atom. The summed E-state index contributed by atoms with van der Waals surface area (Å²) in [6.07, 6.45) is 1.39. The zero-order valence-corrected chi connectivity index (χ0v) is 13.6. The fraction of sp³-hybridized carbons (Fsp3) is 0.154. The number of hydrogen-bond acceptors (Lipinski definition) is 5. The molecule has 3 rings (SSSR count). The van der Waals surface area contributed by atoms with E-state index in [2.05, 4.69) is 31.0 Å². The standard InChI is InChI=1S/C13H12BrN5OS/c1-2-19-12-10(11(15)16-7-17-12)13(18-19)21(20)9-5-3-4-8(14)6-9/h3-7H,2H2,1H3,(H2,15,16,17). The molecule has 0 aliphatic carbocycles. The van der Waals surface area contributed by atoms with Crippen LogP contribution in [0.2, 0.25) is 0 Å². The maximum atomic E-state index is 12.8. The SMILES string of the molecule is CCn1nc([S+]([O-])c2cccc(Br)c2)c2c(N)ncnc21. The van der Waals surface area contributed by atoms with Crippen LogP contribution in [0.4, 0.5) is 5.82 Å². The van der Waals surface area contributed by atoms with Crippen LogP contribution >= 0.6 is 15.9 Å². The molecular weight excluding hydrogens is 354 g/mol. The Hall–Kier alpha value is -1.64. The Balaban J connectivity index is 2.20. The first-order chi connectivity index (χ1) is 10.1. The van der Waals surface area contributed by atoms with Gasteiger partial charge in [0.05, 0.1) is 0 Å². The summed E-state index contributed by atoms with van der Waals surface area (Å²) >= 11 is 1.93. The zero-order valence-electron chi connectivity index (χ0n) is 11.2. The Kier molecular flexibility index (Phi) is 3.83. The fourth-order valence-corrected chi connectivity index (χ4v) is 3.81. The Labute approximate surface area is 132 Å². The first-order valence-corrected chi connectivity index (χ1v) is 8.20. The van der Waals surface area contributed by atoms with Gasteiger partial charge >= 0.3 is 0 Å². The van der Waals surface area contributed by atoms with Crippen LogP contribution in [0.15, 0.2) is 45.0 Å². The third kappa shape index (κ3) is 2.50. The highest BCUT2D eigenvalue weighted by Gasteiger charge is 2.26. The second kappa shape index (κ2) is 5.63. The highest BCUT2D eigenvalue weighted by Crippen LogP contribution is 2.30. The second-order valence-electron chi connectivity index (χ2n) is 4.30. The summed E-state index contributed by atoms with van der Waals surface area (Å²) in [7, 11) is 0. The van der Waals surface area contributed by atoms with Crippen LogP contribution in [-0.4, -0.2) is 24.3 Å². The smallest absolute Gasteiger partial charge is 0.282 e. The van der Waals surface area contributed by atoms with Crippen LogP contribution in [0, 0.1) is 0 Å². The molecule has 2 heterocycles. The number of benzene rings is 1. The quantitative estimate of drug-likeness (QED) is 0.719. The zero-order chi connectivity index (χ0) is 15.0. The van der Waals surface area contributed by atoms with Gasteiger partial charge in [-0.3, -0.25) is 0 Å². The van der Waals surface area contributed by atoms with E-state index in [0.29, 0.717) is 27.5 Å². The number of fused-ring (bicyclic) bond motifs is 1. The predicted molar refractivity (Wildman–Crippen MR) is 84.2 cm³/mol. The Morgan fingerprint density at radius 1 is 1.38 bits per heavy atom. The normalized spacial score (nSPS) is 12.7. The van der Waals surface area contributed by atoms with Gasteiger partial charge < -0.3 is 10.3 Å². The molecule has 0 aliphatic rings. The number of anilines is 1. The van der Waals surface area contributed by atoms with Crippen molar-refractivity contribution >= 4 is 44.0 Å². The molecule has 3 aromatic rings. The van der Waals surface area contributed by atoms with Crippen molar-refractivity contribution in [3.8, 4) is 0 Å². The highest BCUT2D eigenvalue weighted by molar-refractivity contribution is 9.10. The molecule has 0 fully saturated rings. The minimum atomic E-state index is -1.44. The van der Waals surface area contributed by atoms with Crippen molar-refractivity contribution in [1.29, 1.82) is 0 Å². The van der Waals surface area contributed by atoms with Gasteiger partial charge in [0.2, 0.25) is 0 Å². The molecule has 0 saturated heterocycles. The molecule has 1 aromatic carbocycles. The maximum absolute atomic E-state index is 12.8. The number of aromatic nitrogens is 4. The van der Waals surface area contributed by atoms with Crippen molar-refractivity contribution in [2.45, 2.75) is 23.4 Å². The monoisotopic (exact) mass is 365 g/mol. The summed E-state index contributed by atoms with van der Waals surface area (Å²) in [5.74, 6) is 0.290. The van der Waals surface area contributed by atoms with E-state index in [-0.39, 0.29) is 5.82 Å². The summed E-state index contributed by atoms with van der Waals surface area (Å²) in [4.78, 5) is 8.82. The van der Waals surface area contributed by atoms with Crippen molar-refractivity contribution in [3.05, 3.63) is 35.1 Å². The summed E-state index contributed by atoms with van der Waals surface area (Å²) in [6.45, 7) is 2.55. The van der Waals surface area contributed by atoms with E-state index in [4.69, 9.17) is 5.73 Å². The lowest BCUT2D eigenvalue weighted by Crippen LogP contribution is -2.05.